The Labute approximate surface area is 70.8 Å². The molecule has 12 heavy (non-hydrogen) atoms. The molecule has 1 N–H and O–H groups in total. The molecule has 2 aliphatic carbocycles. The molecular weight excluding hydrogens is 156 g/mol. The molecule has 0 spiro atoms. The average molecular weight is 168 g/mol. The van der Waals surface area contributed by atoms with E-state index in [9.17, 15) is 9.59 Å². The fourth-order valence-electron chi connectivity index (χ4n) is 2.68. The highest BCUT2D eigenvalue weighted by molar-refractivity contribution is 6.06. The van der Waals surface area contributed by atoms with Gasteiger partial charge in [0.05, 0.1) is 0 Å². The number of hydrogen-bond acceptors (Lipinski definition) is 2. The van der Waals surface area contributed by atoms with Gasteiger partial charge in [0.15, 0.2) is 5.78 Å². The second kappa shape index (κ2) is 2.09. The highest BCUT2D eigenvalue weighted by Crippen LogP contribution is 2.54. The lowest BCUT2D eigenvalue weighted by Crippen LogP contribution is -2.37. The molecule has 0 heterocycles. The van der Waals surface area contributed by atoms with Crippen LogP contribution in [0.2, 0.25) is 0 Å². The fraction of sp³-hybridized carbons (Fsp3) is 0.778. The van der Waals surface area contributed by atoms with Gasteiger partial charge in [-0.1, -0.05) is 6.92 Å². The van der Waals surface area contributed by atoms with E-state index in [0.29, 0.717) is 18.8 Å². The summed E-state index contributed by atoms with van der Waals surface area (Å²) < 4.78 is 0. The van der Waals surface area contributed by atoms with E-state index in [0.717, 1.165) is 6.42 Å². The van der Waals surface area contributed by atoms with Crippen LogP contribution < -0.4 is 0 Å². The van der Waals surface area contributed by atoms with Crippen molar-refractivity contribution in [2.45, 2.75) is 26.2 Å². The van der Waals surface area contributed by atoms with Crippen molar-refractivity contribution in [1.82, 2.24) is 0 Å². The summed E-state index contributed by atoms with van der Waals surface area (Å²) in [5.41, 5.74) is -0.982. The molecule has 2 fully saturated rings. The molecule has 3 atom stereocenters. The Hall–Kier alpha value is -0.860. The molecule has 66 valence electrons. The van der Waals surface area contributed by atoms with E-state index in [1.165, 1.54) is 0 Å². The first-order valence-electron chi connectivity index (χ1n) is 4.35. The van der Waals surface area contributed by atoms with Gasteiger partial charge in [-0.15, -0.1) is 0 Å². The number of aliphatic carboxylic acids is 1. The smallest absolute Gasteiger partial charge is 0.317 e. The van der Waals surface area contributed by atoms with Gasteiger partial charge in [0.25, 0.3) is 0 Å². The summed E-state index contributed by atoms with van der Waals surface area (Å²) in [5.74, 6) is -0.617. The zero-order valence-electron chi connectivity index (χ0n) is 7.04. The van der Waals surface area contributed by atoms with Crippen molar-refractivity contribution in [3.05, 3.63) is 0 Å². The van der Waals surface area contributed by atoms with Gasteiger partial charge < -0.3 is 5.11 Å². The van der Waals surface area contributed by atoms with Crippen LogP contribution in [0.4, 0.5) is 0 Å². The number of carboxylic acids is 1. The molecule has 2 bridgehead atoms. The van der Waals surface area contributed by atoms with Gasteiger partial charge in [-0.3, -0.25) is 9.59 Å². The minimum absolute atomic E-state index is 0.0187. The molecular formula is C9H12O3. The lowest BCUT2D eigenvalue weighted by Gasteiger charge is -2.22. The van der Waals surface area contributed by atoms with E-state index in [4.69, 9.17) is 5.11 Å². The summed E-state index contributed by atoms with van der Waals surface area (Å²) in [6, 6.07) is 0. The van der Waals surface area contributed by atoms with Crippen LogP contribution in [0, 0.1) is 17.3 Å². The zero-order valence-corrected chi connectivity index (χ0v) is 7.04. The minimum Gasteiger partial charge on any atom is -0.480 e. The molecule has 0 aromatic heterocycles. The van der Waals surface area contributed by atoms with Crippen LogP contribution in [0.3, 0.4) is 0 Å². The van der Waals surface area contributed by atoms with E-state index in [1.807, 2.05) is 6.92 Å². The van der Waals surface area contributed by atoms with E-state index in [1.54, 1.807) is 0 Å². The van der Waals surface area contributed by atoms with Crippen LogP contribution in [-0.4, -0.2) is 16.9 Å². The summed E-state index contributed by atoms with van der Waals surface area (Å²) in [4.78, 5) is 22.5. The average Bonchev–Trinajstić information content (AvgIpc) is 2.53. The van der Waals surface area contributed by atoms with Crippen molar-refractivity contribution >= 4 is 11.8 Å². The van der Waals surface area contributed by atoms with Crippen LogP contribution in [0.1, 0.15) is 26.2 Å². The van der Waals surface area contributed by atoms with Gasteiger partial charge in [-0.05, 0) is 25.2 Å². The van der Waals surface area contributed by atoms with Gasteiger partial charge in [0, 0.05) is 5.92 Å². The molecule has 2 saturated carbocycles. The highest BCUT2D eigenvalue weighted by atomic mass is 16.4. The van der Waals surface area contributed by atoms with Gasteiger partial charge in [-0.2, -0.15) is 0 Å². The Bertz CT molecular complexity index is 258. The molecule has 3 heteroatoms. The van der Waals surface area contributed by atoms with Gasteiger partial charge in [0.1, 0.15) is 5.41 Å². The molecule has 2 rings (SSSR count). The van der Waals surface area contributed by atoms with Crippen molar-refractivity contribution < 1.29 is 14.7 Å². The summed E-state index contributed by atoms with van der Waals surface area (Å²) in [5, 5.41) is 8.96. The number of carbonyl (C=O) groups excluding carboxylic acids is 1. The Kier molecular flexibility index (Phi) is 1.35. The Morgan fingerprint density at radius 1 is 1.67 bits per heavy atom. The molecule has 0 aromatic carbocycles. The highest BCUT2D eigenvalue weighted by Gasteiger charge is 2.60. The lowest BCUT2D eigenvalue weighted by atomic mass is 9.79. The van der Waals surface area contributed by atoms with Crippen LogP contribution >= 0.6 is 0 Å². The maximum atomic E-state index is 11.5. The summed E-state index contributed by atoms with van der Waals surface area (Å²) in [6.07, 6.45) is 2.07. The molecule has 3 nitrogen and oxygen atoms in total. The molecule has 0 saturated heterocycles. The van der Waals surface area contributed by atoms with Crippen molar-refractivity contribution in [3.8, 4) is 0 Å². The normalized spacial score (nSPS) is 45.2. The number of fused-ring (bicyclic) bond motifs is 2. The van der Waals surface area contributed by atoms with Crippen molar-refractivity contribution in [1.29, 1.82) is 0 Å². The van der Waals surface area contributed by atoms with Crippen molar-refractivity contribution in [2.24, 2.45) is 17.3 Å². The predicted molar refractivity (Wildman–Crippen MR) is 41.6 cm³/mol. The zero-order chi connectivity index (χ0) is 8.93. The monoisotopic (exact) mass is 168 g/mol. The SMILES string of the molecule is CC1C(=O)C2(C(=O)O)CCC1C2. The van der Waals surface area contributed by atoms with Crippen molar-refractivity contribution in [2.75, 3.05) is 0 Å². The number of hydrogen-bond donors (Lipinski definition) is 1. The molecule has 0 aromatic rings. The van der Waals surface area contributed by atoms with Crippen LogP contribution in [0.25, 0.3) is 0 Å². The first kappa shape index (κ1) is 7.77. The Morgan fingerprint density at radius 3 is 2.67 bits per heavy atom. The number of carboxylic acid groups (broad SMARTS) is 1. The molecule has 2 aliphatic rings. The number of ketones is 1. The van der Waals surface area contributed by atoms with Gasteiger partial charge in [-0.25, -0.2) is 0 Å². The summed E-state index contributed by atoms with van der Waals surface area (Å²) in [7, 11) is 0. The third-order valence-electron chi connectivity index (χ3n) is 3.55. The second-order valence-electron chi connectivity index (χ2n) is 4.04. The molecule has 3 unspecified atom stereocenters. The quantitative estimate of drug-likeness (QED) is 0.596. The number of Topliss-reactive ketones (excluding diaryl/α,β-unsaturated/α-hetero) is 1. The fourth-order valence-corrected chi connectivity index (χ4v) is 2.68. The molecule has 0 radical (unpaired) electrons. The van der Waals surface area contributed by atoms with E-state index >= 15 is 0 Å². The van der Waals surface area contributed by atoms with Crippen LogP contribution in [-0.2, 0) is 9.59 Å². The van der Waals surface area contributed by atoms with Crippen molar-refractivity contribution in [3.63, 3.8) is 0 Å². The second-order valence-corrected chi connectivity index (χ2v) is 4.04. The Balaban J connectivity index is 2.39. The van der Waals surface area contributed by atoms with E-state index < -0.39 is 11.4 Å². The minimum atomic E-state index is -0.982. The maximum Gasteiger partial charge on any atom is 0.317 e. The van der Waals surface area contributed by atoms with Gasteiger partial charge >= 0.3 is 5.97 Å². The van der Waals surface area contributed by atoms with Gasteiger partial charge in [0.2, 0.25) is 0 Å². The maximum absolute atomic E-state index is 11.5. The topological polar surface area (TPSA) is 54.4 Å². The standard InChI is InChI=1S/C9H12O3/c1-5-6-2-3-9(4-6,7(5)10)8(11)12/h5-6H,2-4H2,1H3,(H,11,12). The first-order valence-corrected chi connectivity index (χ1v) is 4.35. The molecule has 0 amide bonds. The third kappa shape index (κ3) is 0.667. The number of rotatable bonds is 1. The van der Waals surface area contributed by atoms with E-state index in [2.05, 4.69) is 0 Å². The summed E-state index contributed by atoms with van der Waals surface area (Å²) in [6.45, 7) is 1.86. The Morgan fingerprint density at radius 2 is 2.33 bits per heavy atom. The lowest BCUT2D eigenvalue weighted by molar-refractivity contribution is -0.154. The predicted octanol–water partition coefficient (Wildman–Crippen LogP) is 1.08. The van der Waals surface area contributed by atoms with Crippen LogP contribution in [0.15, 0.2) is 0 Å². The summed E-state index contributed by atoms with van der Waals surface area (Å²) >= 11 is 0. The largest absolute Gasteiger partial charge is 0.480 e. The van der Waals surface area contributed by atoms with Crippen LogP contribution in [0.5, 0.6) is 0 Å². The number of carbonyl (C=O) groups is 2. The first-order chi connectivity index (χ1) is 5.58. The van der Waals surface area contributed by atoms with E-state index in [-0.39, 0.29) is 11.7 Å². The molecule has 0 aliphatic heterocycles. The third-order valence-corrected chi connectivity index (χ3v) is 3.55.